The number of anilines is 1. The molecule has 2 aromatic carbocycles. The standard InChI is InChI=1S/C18H17ClN4O4S/c1-11-9-12(7-8-15(11)23-28(2,25)26)18(24)20-10-16-21-17(22-27-16)13-5-3-4-6-14(13)19/h3-9,23H,10H2,1-2H3,(H,20,24). The quantitative estimate of drug-likeness (QED) is 0.633. The molecule has 0 atom stereocenters. The minimum atomic E-state index is -3.39. The fourth-order valence-electron chi connectivity index (χ4n) is 2.46. The molecule has 0 fully saturated rings. The largest absolute Gasteiger partial charge is 0.343 e. The Morgan fingerprint density at radius 3 is 2.64 bits per heavy atom. The zero-order valence-corrected chi connectivity index (χ0v) is 16.6. The van der Waals surface area contributed by atoms with Crippen LogP contribution in [0.25, 0.3) is 11.4 Å². The topological polar surface area (TPSA) is 114 Å². The van der Waals surface area contributed by atoms with Gasteiger partial charge in [0.25, 0.3) is 5.91 Å². The van der Waals surface area contributed by atoms with Crippen LogP contribution in [0.5, 0.6) is 0 Å². The number of benzene rings is 2. The van der Waals surface area contributed by atoms with Crippen molar-refractivity contribution in [3.63, 3.8) is 0 Å². The number of nitrogens with zero attached hydrogens (tertiary/aromatic N) is 2. The minimum absolute atomic E-state index is 0.0404. The third-order valence-corrected chi connectivity index (χ3v) is 4.69. The molecule has 0 spiro atoms. The zero-order chi connectivity index (χ0) is 20.3. The van der Waals surface area contributed by atoms with Gasteiger partial charge < -0.3 is 9.84 Å². The second-order valence-electron chi connectivity index (χ2n) is 6.08. The van der Waals surface area contributed by atoms with Gasteiger partial charge in [0.2, 0.25) is 21.7 Å². The van der Waals surface area contributed by atoms with Crippen molar-refractivity contribution in [1.82, 2.24) is 15.5 Å². The molecule has 3 rings (SSSR count). The van der Waals surface area contributed by atoms with Crippen molar-refractivity contribution < 1.29 is 17.7 Å². The molecule has 2 N–H and O–H groups in total. The number of carbonyl (C=O) groups is 1. The van der Waals surface area contributed by atoms with Crippen molar-refractivity contribution in [3.05, 3.63) is 64.5 Å². The molecular formula is C18H17ClN4O4S. The SMILES string of the molecule is Cc1cc(C(=O)NCc2nc(-c3ccccc3Cl)no2)ccc1NS(C)(=O)=O. The molecule has 0 aliphatic rings. The van der Waals surface area contributed by atoms with Gasteiger partial charge in [-0.2, -0.15) is 4.98 Å². The highest BCUT2D eigenvalue weighted by Gasteiger charge is 2.14. The van der Waals surface area contributed by atoms with E-state index in [1.807, 2.05) is 6.07 Å². The monoisotopic (exact) mass is 420 g/mol. The number of rotatable bonds is 6. The summed E-state index contributed by atoms with van der Waals surface area (Å²) in [5, 5.41) is 7.05. The summed E-state index contributed by atoms with van der Waals surface area (Å²) in [5.74, 6) is 0.212. The van der Waals surface area contributed by atoms with Gasteiger partial charge in [-0.15, -0.1) is 0 Å². The Labute approximate surface area is 167 Å². The molecule has 10 heteroatoms. The van der Waals surface area contributed by atoms with Gasteiger partial charge in [-0.3, -0.25) is 9.52 Å². The van der Waals surface area contributed by atoms with Crippen LogP contribution in [0.1, 0.15) is 21.8 Å². The number of carbonyl (C=O) groups excluding carboxylic acids is 1. The third kappa shape index (κ3) is 4.87. The molecule has 1 amide bonds. The van der Waals surface area contributed by atoms with E-state index in [1.165, 1.54) is 12.1 Å². The smallest absolute Gasteiger partial charge is 0.251 e. The average molecular weight is 421 g/mol. The van der Waals surface area contributed by atoms with Crippen LogP contribution in [-0.2, 0) is 16.6 Å². The average Bonchev–Trinajstić information content (AvgIpc) is 3.09. The van der Waals surface area contributed by atoms with Crippen LogP contribution >= 0.6 is 11.6 Å². The molecule has 1 aromatic heterocycles. The fourth-order valence-corrected chi connectivity index (χ4v) is 3.30. The Hall–Kier alpha value is -2.91. The lowest BCUT2D eigenvalue weighted by Crippen LogP contribution is -2.23. The van der Waals surface area contributed by atoms with E-state index in [9.17, 15) is 13.2 Å². The van der Waals surface area contributed by atoms with Gasteiger partial charge in [-0.25, -0.2) is 8.42 Å². The third-order valence-electron chi connectivity index (χ3n) is 3.77. The second kappa shape index (κ2) is 7.99. The normalized spacial score (nSPS) is 11.2. The van der Waals surface area contributed by atoms with E-state index in [4.69, 9.17) is 16.1 Å². The Morgan fingerprint density at radius 1 is 1.21 bits per heavy atom. The maximum absolute atomic E-state index is 12.3. The Kier molecular flexibility index (Phi) is 5.66. The van der Waals surface area contributed by atoms with Crippen molar-refractivity contribution >= 4 is 33.2 Å². The van der Waals surface area contributed by atoms with Gasteiger partial charge in [-0.05, 0) is 42.8 Å². The van der Waals surface area contributed by atoms with E-state index in [-0.39, 0.29) is 18.3 Å². The molecule has 28 heavy (non-hydrogen) atoms. The number of amides is 1. The summed E-state index contributed by atoms with van der Waals surface area (Å²) >= 11 is 6.11. The van der Waals surface area contributed by atoms with Crippen LogP contribution in [0, 0.1) is 6.92 Å². The van der Waals surface area contributed by atoms with Gasteiger partial charge >= 0.3 is 0 Å². The van der Waals surface area contributed by atoms with E-state index in [0.717, 1.165) is 6.26 Å². The van der Waals surface area contributed by atoms with E-state index in [1.54, 1.807) is 31.2 Å². The van der Waals surface area contributed by atoms with Gasteiger partial charge in [0.1, 0.15) is 0 Å². The van der Waals surface area contributed by atoms with Crippen LogP contribution in [0.2, 0.25) is 5.02 Å². The molecule has 0 aliphatic carbocycles. The molecule has 0 saturated heterocycles. The van der Waals surface area contributed by atoms with Crippen LogP contribution in [0.4, 0.5) is 5.69 Å². The van der Waals surface area contributed by atoms with Crippen molar-refractivity contribution in [3.8, 4) is 11.4 Å². The first-order valence-electron chi connectivity index (χ1n) is 8.17. The Morgan fingerprint density at radius 2 is 1.96 bits per heavy atom. The van der Waals surface area contributed by atoms with Gasteiger partial charge in [0, 0.05) is 11.1 Å². The number of sulfonamides is 1. The first-order valence-corrected chi connectivity index (χ1v) is 10.4. The number of aryl methyl sites for hydroxylation is 1. The lowest BCUT2D eigenvalue weighted by atomic mass is 10.1. The van der Waals surface area contributed by atoms with E-state index in [0.29, 0.717) is 33.2 Å². The van der Waals surface area contributed by atoms with Crippen LogP contribution < -0.4 is 10.0 Å². The molecule has 0 bridgehead atoms. The van der Waals surface area contributed by atoms with E-state index < -0.39 is 10.0 Å². The first kappa shape index (κ1) is 19.8. The van der Waals surface area contributed by atoms with Crippen molar-refractivity contribution in [2.75, 3.05) is 11.0 Å². The molecule has 8 nitrogen and oxygen atoms in total. The zero-order valence-electron chi connectivity index (χ0n) is 15.1. The van der Waals surface area contributed by atoms with E-state index in [2.05, 4.69) is 20.2 Å². The van der Waals surface area contributed by atoms with Crippen molar-refractivity contribution in [1.29, 1.82) is 0 Å². The van der Waals surface area contributed by atoms with Crippen LogP contribution in [0.3, 0.4) is 0 Å². The molecule has 146 valence electrons. The fraction of sp³-hybridized carbons (Fsp3) is 0.167. The summed E-state index contributed by atoms with van der Waals surface area (Å²) in [6.45, 7) is 1.75. The number of halogens is 1. The Balaban J connectivity index is 1.66. The lowest BCUT2D eigenvalue weighted by molar-refractivity contribution is 0.0946. The number of nitrogens with one attached hydrogen (secondary N) is 2. The minimum Gasteiger partial charge on any atom is -0.343 e. The van der Waals surface area contributed by atoms with Crippen molar-refractivity contribution in [2.45, 2.75) is 13.5 Å². The summed E-state index contributed by atoms with van der Waals surface area (Å²) in [7, 11) is -3.39. The summed E-state index contributed by atoms with van der Waals surface area (Å²) in [6, 6.07) is 11.7. The summed E-state index contributed by atoms with van der Waals surface area (Å²) in [6.07, 6.45) is 1.06. The molecule has 0 unspecified atom stereocenters. The maximum Gasteiger partial charge on any atom is 0.251 e. The highest BCUT2D eigenvalue weighted by Crippen LogP contribution is 2.24. The predicted molar refractivity (Wildman–Crippen MR) is 106 cm³/mol. The number of hydrogen-bond acceptors (Lipinski definition) is 6. The molecule has 0 saturated carbocycles. The predicted octanol–water partition coefficient (Wildman–Crippen LogP) is 3.00. The number of aromatic nitrogens is 2. The summed E-state index contributed by atoms with van der Waals surface area (Å²) in [5.41, 5.74) is 2.05. The Bertz CT molecular complexity index is 1130. The first-order chi connectivity index (χ1) is 13.2. The van der Waals surface area contributed by atoms with Crippen LogP contribution in [-0.4, -0.2) is 30.7 Å². The summed E-state index contributed by atoms with van der Waals surface area (Å²) in [4.78, 5) is 16.6. The van der Waals surface area contributed by atoms with Gasteiger partial charge in [-0.1, -0.05) is 28.9 Å². The highest BCUT2D eigenvalue weighted by atomic mass is 35.5. The molecular weight excluding hydrogens is 404 g/mol. The highest BCUT2D eigenvalue weighted by molar-refractivity contribution is 7.92. The van der Waals surface area contributed by atoms with E-state index >= 15 is 0 Å². The second-order valence-corrected chi connectivity index (χ2v) is 8.23. The molecule has 0 aliphatic heterocycles. The van der Waals surface area contributed by atoms with Gasteiger partial charge in [0.15, 0.2) is 0 Å². The summed E-state index contributed by atoms with van der Waals surface area (Å²) < 4.78 is 30.2. The number of hydrogen-bond donors (Lipinski definition) is 2. The van der Waals surface area contributed by atoms with Gasteiger partial charge in [0.05, 0.1) is 23.5 Å². The molecule has 1 heterocycles. The van der Waals surface area contributed by atoms with Crippen LogP contribution in [0.15, 0.2) is 47.0 Å². The van der Waals surface area contributed by atoms with Crippen molar-refractivity contribution in [2.24, 2.45) is 0 Å². The lowest BCUT2D eigenvalue weighted by Gasteiger charge is -2.09. The maximum atomic E-state index is 12.3. The molecule has 3 aromatic rings. The molecule has 0 radical (unpaired) electrons.